The molecule has 1 fully saturated rings. The van der Waals surface area contributed by atoms with E-state index in [2.05, 4.69) is 0 Å². The van der Waals surface area contributed by atoms with Crippen molar-refractivity contribution in [2.45, 2.75) is 12.8 Å². The number of piperidine rings is 1. The van der Waals surface area contributed by atoms with Crippen LogP contribution in [-0.4, -0.2) is 35.6 Å². The van der Waals surface area contributed by atoms with Crippen LogP contribution < -0.4 is 0 Å². The van der Waals surface area contributed by atoms with Crippen LogP contribution in [0.25, 0.3) is 0 Å². The van der Waals surface area contributed by atoms with Crippen LogP contribution in [0.2, 0.25) is 10.0 Å². The van der Waals surface area contributed by atoms with Gasteiger partial charge in [0.15, 0.2) is 0 Å². The first-order valence-electron chi connectivity index (χ1n) is 5.97. The van der Waals surface area contributed by atoms with Crippen molar-refractivity contribution in [1.82, 2.24) is 4.90 Å². The molecule has 1 saturated heterocycles. The summed E-state index contributed by atoms with van der Waals surface area (Å²) < 4.78 is 0. The molecule has 1 N–H and O–H groups in total. The van der Waals surface area contributed by atoms with Crippen LogP contribution in [0, 0.1) is 5.92 Å². The average molecular weight is 288 g/mol. The second kappa shape index (κ2) is 5.91. The number of carbonyl (C=O) groups excluding carboxylic acids is 1. The van der Waals surface area contributed by atoms with Gasteiger partial charge < -0.3 is 10.0 Å². The van der Waals surface area contributed by atoms with Crippen LogP contribution >= 0.6 is 23.2 Å². The SMILES string of the molecule is O=C(c1c(Cl)cccc1Cl)N1CCCC(CO)C1. The van der Waals surface area contributed by atoms with Gasteiger partial charge in [0, 0.05) is 19.7 Å². The van der Waals surface area contributed by atoms with E-state index in [1.54, 1.807) is 23.1 Å². The summed E-state index contributed by atoms with van der Waals surface area (Å²) >= 11 is 12.1. The molecule has 2 rings (SSSR count). The topological polar surface area (TPSA) is 40.5 Å². The molecule has 0 aliphatic carbocycles. The van der Waals surface area contributed by atoms with Crippen molar-refractivity contribution in [1.29, 1.82) is 0 Å². The molecule has 1 atom stereocenters. The Morgan fingerprint density at radius 3 is 2.67 bits per heavy atom. The highest BCUT2D eigenvalue weighted by Crippen LogP contribution is 2.27. The van der Waals surface area contributed by atoms with E-state index in [0.717, 1.165) is 12.8 Å². The molecule has 3 nitrogen and oxygen atoms in total. The third-order valence-electron chi connectivity index (χ3n) is 3.24. The minimum atomic E-state index is -0.149. The molecule has 98 valence electrons. The first kappa shape index (κ1) is 13.7. The van der Waals surface area contributed by atoms with E-state index >= 15 is 0 Å². The predicted molar refractivity (Wildman–Crippen MR) is 72.2 cm³/mol. The van der Waals surface area contributed by atoms with Gasteiger partial charge in [0.2, 0.25) is 0 Å². The Bertz CT molecular complexity index is 430. The Balaban J connectivity index is 2.20. The number of hydrogen-bond acceptors (Lipinski definition) is 2. The number of hydrogen-bond donors (Lipinski definition) is 1. The summed E-state index contributed by atoms with van der Waals surface area (Å²) in [6.07, 6.45) is 1.86. The van der Waals surface area contributed by atoms with E-state index in [0.29, 0.717) is 28.7 Å². The molecular weight excluding hydrogens is 273 g/mol. The zero-order chi connectivity index (χ0) is 13.1. The maximum Gasteiger partial charge on any atom is 0.256 e. The molecule has 0 spiro atoms. The molecule has 1 aromatic carbocycles. The fraction of sp³-hybridized carbons (Fsp3) is 0.462. The number of benzene rings is 1. The van der Waals surface area contributed by atoms with Crippen molar-refractivity contribution in [3.63, 3.8) is 0 Å². The highest BCUT2D eigenvalue weighted by atomic mass is 35.5. The van der Waals surface area contributed by atoms with Crippen molar-refractivity contribution in [2.24, 2.45) is 5.92 Å². The van der Waals surface area contributed by atoms with Gasteiger partial charge in [-0.1, -0.05) is 29.3 Å². The monoisotopic (exact) mass is 287 g/mol. The summed E-state index contributed by atoms with van der Waals surface area (Å²) in [5.74, 6) is 0.00714. The zero-order valence-corrected chi connectivity index (χ0v) is 11.4. The lowest BCUT2D eigenvalue weighted by Gasteiger charge is -2.32. The van der Waals surface area contributed by atoms with Crippen molar-refractivity contribution in [2.75, 3.05) is 19.7 Å². The van der Waals surface area contributed by atoms with Crippen LogP contribution in [0.1, 0.15) is 23.2 Å². The van der Waals surface area contributed by atoms with Gasteiger partial charge in [-0.05, 0) is 30.9 Å². The Morgan fingerprint density at radius 1 is 1.39 bits per heavy atom. The minimum absolute atomic E-state index is 0.111. The fourth-order valence-corrected chi connectivity index (χ4v) is 2.82. The largest absolute Gasteiger partial charge is 0.396 e. The van der Waals surface area contributed by atoms with Gasteiger partial charge in [0.1, 0.15) is 0 Å². The molecule has 1 aromatic rings. The summed E-state index contributed by atoms with van der Waals surface area (Å²) in [7, 11) is 0. The third-order valence-corrected chi connectivity index (χ3v) is 3.87. The van der Waals surface area contributed by atoms with Gasteiger partial charge in [-0.3, -0.25) is 4.79 Å². The molecule has 1 heterocycles. The fourth-order valence-electron chi connectivity index (χ4n) is 2.26. The maximum atomic E-state index is 12.4. The number of amides is 1. The molecule has 1 amide bonds. The number of carbonyl (C=O) groups is 1. The average Bonchev–Trinajstić information content (AvgIpc) is 2.38. The van der Waals surface area contributed by atoms with Gasteiger partial charge in [-0.25, -0.2) is 0 Å². The molecule has 5 heteroatoms. The number of aliphatic hydroxyl groups is 1. The maximum absolute atomic E-state index is 12.4. The summed E-state index contributed by atoms with van der Waals surface area (Å²) in [5.41, 5.74) is 0.361. The standard InChI is InChI=1S/C13H15Cl2NO2/c14-10-4-1-5-11(15)12(10)13(18)16-6-2-3-9(7-16)8-17/h1,4-5,9,17H,2-3,6-8H2. The Kier molecular flexibility index (Phi) is 4.49. The van der Waals surface area contributed by atoms with Gasteiger partial charge in [0.25, 0.3) is 5.91 Å². The van der Waals surface area contributed by atoms with Gasteiger partial charge in [-0.2, -0.15) is 0 Å². The number of likely N-dealkylation sites (tertiary alicyclic amines) is 1. The molecule has 0 bridgehead atoms. The molecule has 0 radical (unpaired) electrons. The van der Waals surface area contributed by atoms with Crippen LogP contribution in [-0.2, 0) is 0 Å². The number of halogens is 2. The molecule has 1 unspecified atom stereocenters. The number of nitrogens with zero attached hydrogens (tertiary/aromatic N) is 1. The second-order valence-electron chi connectivity index (χ2n) is 4.54. The van der Waals surface area contributed by atoms with Gasteiger partial charge in [0.05, 0.1) is 15.6 Å². The van der Waals surface area contributed by atoms with Crippen LogP contribution in [0.5, 0.6) is 0 Å². The quantitative estimate of drug-likeness (QED) is 0.909. The lowest BCUT2D eigenvalue weighted by molar-refractivity contribution is 0.0621. The molecule has 0 aromatic heterocycles. The highest BCUT2D eigenvalue weighted by molar-refractivity contribution is 6.39. The highest BCUT2D eigenvalue weighted by Gasteiger charge is 2.26. The zero-order valence-electron chi connectivity index (χ0n) is 9.90. The van der Waals surface area contributed by atoms with Crippen LogP contribution in [0.4, 0.5) is 0 Å². The van der Waals surface area contributed by atoms with E-state index in [-0.39, 0.29) is 18.4 Å². The minimum Gasteiger partial charge on any atom is -0.396 e. The summed E-state index contributed by atoms with van der Waals surface area (Å²) in [4.78, 5) is 14.1. The molecule has 1 aliphatic rings. The Labute approximate surface area is 116 Å². The molecule has 0 saturated carbocycles. The van der Waals surface area contributed by atoms with Crippen molar-refractivity contribution < 1.29 is 9.90 Å². The summed E-state index contributed by atoms with van der Waals surface area (Å²) in [6.45, 7) is 1.37. The first-order valence-corrected chi connectivity index (χ1v) is 6.73. The van der Waals surface area contributed by atoms with Gasteiger partial charge >= 0.3 is 0 Å². The third kappa shape index (κ3) is 2.79. The summed E-state index contributed by atoms with van der Waals surface area (Å²) in [5, 5.41) is 9.93. The number of rotatable bonds is 2. The lowest BCUT2D eigenvalue weighted by atomic mass is 9.98. The molecule has 1 aliphatic heterocycles. The normalized spacial score (nSPS) is 19.9. The van der Waals surface area contributed by atoms with Crippen LogP contribution in [0.15, 0.2) is 18.2 Å². The number of aliphatic hydroxyl groups excluding tert-OH is 1. The van der Waals surface area contributed by atoms with E-state index in [1.807, 2.05) is 0 Å². The van der Waals surface area contributed by atoms with Crippen molar-refractivity contribution >= 4 is 29.1 Å². The van der Waals surface area contributed by atoms with Crippen molar-refractivity contribution in [3.05, 3.63) is 33.8 Å². The van der Waals surface area contributed by atoms with E-state index in [1.165, 1.54) is 0 Å². The van der Waals surface area contributed by atoms with E-state index in [9.17, 15) is 9.90 Å². The lowest BCUT2D eigenvalue weighted by Crippen LogP contribution is -2.41. The van der Waals surface area contributed by atoms with E-state index < -0.39 is 0 Å². The smallest absolute Gasteiger partial charge is 0.256 e. The Morgan fingerprint density at radius 2 is 2.06 bits per heavy atom. The Hall–Kier alpha value is -0.770. The van der Waals surface area contributed by atoms with Crippen LogP contribution in [0.3, 0.4) is 0 Å². The predicted octanol–water partition coefficient (Wildman–Crippen LogP) is 2.84. The molecule has 18 heavy (non-hydrogen) atoms. The molecular formula is C13H15Cl2NO2. The second-order valence-corrected chi connectivity index (χ2v) is 5.35. The van der Waals surface area contributed by atoms with E-state index in [4.69, 9.17) is 23.2 Å². The summed E-state index contributed by atoms with van der Waals surface area (Å²) in [6, 6.07) is 5.04. The first-order chi connectivity index (χ1) is 8.63. The van der Waals surface area contributed by atoms with Gasteiger partial charge in [-0.15, -0.1) is 0 Å². The van der Waals surface area contributed by atoms with Crippen molar-refractivity contribution in [3.8, 4) is 0 Å².